The van der Waals surface area contributed by atoms with Crippen molar-refractivity contribution in [1.82, 2.24) is 10.6 Å². The fourth-order valence-electron chi connectivity index (χ4n) is 5.30. The first-order valence-corrected chi connectivity index (χ1v) is 18.9. The van der Waals surface area contributed by atoms with E-state index in [1.165, 1.54) is 122 Å². The van der Waals surface area contributed by atoms with Crippen LogP contribution in [0.2, 0.25) is 0 Å². The van der Waals surface area contributed by atoms with E-state index in [1.807, 2.05) is 0 Å². The van der Waals surface area contributed by atoms with E-state index in [0.29, 0.717) is 13.0 Å². The number of nitrogens with two attached hydrogens (primary N) is 1. The standard InChI is InChI=1S/C39H73N3O2/c1-3-5-7-9-11-13-15-17-19-21-23-25-27-29-31-33-35-41-39(44)37(36-40)42-38(43)34-32-30-28-26-24-22-20-18-16-14-12-10-8-6-4-2/h11,13,17-20,37H,3-10,12,14-16,21-36,40H2,1-2H3,(H,41,44)(H,42,43)/b13-11-,19-17-,20-18-. The normalized spacial score (nSPS) is 12.5. The van der Waals surface area contributed by atoms with E-state index in [9.17, 15) is 9.59 Å². The van der Waals surface area contributed by atoms with Gasteiger partial charge in [-0.05, 0) is 70.6 Å². The van der Waals surface area contributed by atoms with Gasteiger partial charge in [-0.25, -0.2) is 0 Å². The lowest BCUT2D eigenvalue weighted by atomic mass is 10.1. The van der Waals surface area contributed by atoms with Gasteiger partial charge in [-0.1, -0.05) is 140 Å². The SMILES string of the molecule is CCCCC/C=C\C/C=C\CCCCCCCCNC(=O)C(CN)NC(=O)CCCCCCC/C=C\CCCCCCCC. The molecule has 44 heavy (non-hydrogen) atoms. The Hall–Kier alpha value is -1.88. The van der Waals surface area contributed by atoms with Crippen LogP contribution in [0.15, 0.2) is 36.5 Å². The van der Waals surface area contributed by atoms with Gasteiger partial charge >= 0.3 is 0 Å². The van der Waals surface area contributed by atoms with Crippen molar-refractivity contribution in [3.8, 4) is 0 Å². The third-order valence-corrected chi connectivity index (χ3v) is 8.23. The summed E-state index contributed by atoms with van der Waals surface area (Å²) in [7, 11) is 0. The number of hydrogen-bond acceptors (Lipinski definition) is 3. The molecule has 4 N–H and O–H groups in total. The highest BCUT2D eigenvalue weighted by molar-refractivity contribution is 5.87. The fourth-order valence-corrected chi connectivity index (χ4v) is 5.30. The number of nitrogens with one attached hydrogen (secondary N) is 2. The Labute approximate surface area is 273 Å². The van der Waals surface area contributed by atoms with Crippen LogP contribution in [0.5, 0.6) is 0 Å². The Morgan fingerprint density at radius 2 is 0.955 bits per heavy atom. The van der Waals surface area contributed by atoms with Crippen molar-refractivity contribution >= 4 is 11.8 Å². The molecule has 0 saturated heterocycles. The molecule has 1 atom stereocenters. The molecule has 2 amide bonds. The highest BCUT2D eigenvalue weighted by atomic mass is 16.2. The molecule has 5 heteroatoms. The van der Waals surface area contributed by atoms with Crippen LogP contribution in [-0.4, -0.2) is 30.9 Å². The molecule has 5 nitrogen and oxygen atoms in total. The molecule has 0 saturated carbocycles. The van der Waals surface area contributed by atoms with Crippen molar-refractivity contribution < 1.29 is 9.59 Å². The second-order valence-corrected chi connectivity index (χ2v) is 12.6. The predicted molar refractivity (Wildman–Crippen MR) is 193 cm³/mol. The maximum Gasteiger partial charge on any atom is 0.243 e. The molecule has 0 aromatic rings. The monoisotopic (exact) mass is 616 g/mol. The minimum atomic E-state index is -0.629. The van der Waals surface area contributed by atoms with Crippen molar-refractivity contribution in [3.63, 3.8) is 0 Å². The first kappa shape index (κ1) is 42.1. The van der Waals surface area contributed by atoms with Crippen LogP contribution in [0.4, 0.5) is 0 Å². The molecule has 0 rings (SSSR count). The van der Waals surface area contributed by atoms with E-state index in [1.54, 1.807) is 0 Å². The summed E-state index contributed by atoms with van der Waals surface area (Å²) >= 11 is 0. The molecule has 256 valence electrons. The van der Waals surface area contributed by atoms with E-state index in [4.69, 9.17) is 5.73 Å². The van der Waals surface area contributed by atoms with E-state index >= 15 is 0 Å². The van der Waals surface area contributed by atoms with Crippen LogP contribution in [0.1, 0.15) is 181 Å². The zero-order chi connectivity index (χ0) is 32.2. The molecule has 0 aliphatic heterocycles. The highest BCUT2D eigenvalue weighted by Gasteiger charge is 2.18. The fraction of sp³-hybridized carbons (Fsp3) is 0.795. The second kappa shape index (κ2) is 35.6. The van der Waals surface area contributed by atoms with Crippen LogP contribution in [-0.2, 0) is 9.59 Å². The van der Waals surface area contributed by atoms with Gasteiger partial charge in [-0.2, -0.15) is 0 Å². The summed E-state index contributed by atoms with van der Waals surface area (Å²) in [6.45, 7) is 5.29. The van der Waals surface area contributed by atoms with E-state index < -0.39 is 6.04 Å². The maximum atomic E-state index is 12.5. The quantitative estimate of drug-likeness (QED) is 0.0507. The van der Waals surface area contributed by atoms with Crippen molar-refractivity contribution in [1.29, 1.82) is 0 Å². The summed E-state index contributed by atoms with van der Waals surface area (Å²) in [5.74, 6) is -0.227. The van der Waals surface area contributed by atoms with Gasteiger partial charge in [-0.3, -0.25) is 9.59 Å². The van der Waals surface area contributed by atoms with Gasteiger partial charge in [-0.15, -0.1) is 0 Å². The summed E-state index contributed by atoms with van der Waals surface area (Å²) in [5, 5.41) is 5.79. The summed E-state index contributed by atoms with van der Waals surface area (Å²) in [6.07, 6.45) is 44.9. The van der Waals surface area contributed by atoms with Gasteiger partial charge < -0.3 is 16.4 Å². The molecule has 0 aromatic heterocycles. The zero-order valence-corrected chi connectivity index (χ0v) is 29.2. The number of carbonyl (C=O) groups is 2. The van der Waals surface area contributed by atoms with Gasteiger partial charge in [0.25, 0.3) is 0 Å². The molecule has 1 unspecified atom stereocenters. The summed E-state index contributed by atoms with van der Waals surface area (Å²) in [4.78, 5) is 24.8. The summed E-state index contributed by atoms with van der Waals surface area (Å²) < 4.78 is 0. The first-order chi connectivity index (χ1) is 21.7. The minimum Gasteiger partial charge on any atom is -0.354 e. The lowest BCUT2D eigenvalue weighted by Crippen LogP contribution is -2.50. The first-order valence-electron chi connectivity index (χ1n) is 18.9. The third-order valence-electron chi connectivity index (χ3n) is 8.23. The Bertz CT molecular complexity index is 716. The van der Waals surface area contributed by atoms with E-state index in [-0.39, 0.29) is 18.4 Å². The number of unbranched alkanes of at least 4 members (excludes halogenated alkanes) is 20. The maximum absolute atomic E-state index is 12.5. The highest BCUT2D eigenvalue weighted by Crippen LogP contribution is 2.11. The largest absolute Gasteiger partial charge is 0.354 e. The van der Waals surface area contributed by atoms with Crippen molar-refractivity contribution in [2.24, 2.45) is 5.73 Å². The van der Waals surface area contributed by atoms with Gasteiger partial charge in [0.1, 0.15) is 6.04 Å². The van der Waals surface area contributed by atoms with Gasteiger partial charge in [0, 0.05) is 19.5 Å². The van der Waals surface area contributed by atoms with Crippen molar-refractivity contribution in [2.45, 2.75) is 187 Å². The average molecular weight is 616 g/mol. The Morgan fingerprint density at radius 3 is 1.48 bits per heavy atom. The van der Waals surface area contributed by atoms with Gasteiger partial charge in [0.15, 0.2) is 0 Å². The molecule has 0 radical (unpaired) electrons. The van der Waals surface area contributed by atoms with Crippen LogP contribution in [0.3, 0.4) is 0 Å². The number of allylic oxidation sites excluding steroid dienone is 6. The Balaban J connectivity index is 3.61. The third kappa shape index (κ3) is 31.5. The Kier molecular flexibility index (Phi) is 34.1. The summed E-state index contributed by atoms with van der Waals surface area (Å²) in [6, 6.07) is -0.629. The van der Waals surface area contributed by atoms with Crippen LogP contribution < -0.4 is 16.4 Å². The average Bonchev–Trinajstić information content (AvgIpc) is 3.03. The van der Waals surface area contributed by atoms with Crippen LogP contribution in [0.25, 0.3) is 0 Å². The molecule has 0 aliphatic rings. The van der Waals surface area contributed by atoms with E-state index in [2.05, 4.69) is 60.9 Å². The molecule has 0 heterocycles. The lowest BCUT2D eigenvalue weighted by Gasteiger charge is -2.16. The van der Waals surface area contributed by atoms with Crippen LogP contribution in [0, 0.1) is 0 Å². The van der Waals surface area contributed by atoms with Crippen molar-refractivity contribution in [2.75, 3.05) is 13.1 Å². The minimum absolute atomic E-state index is 0.0676. The smallest absolute Gasteiger partial charge is 0.243 e. The van der Waals surface area contributed by atoms with Gasteiger partial charge in [0.2, 0.25) is 11.8 Å². The second-order valence-electron chi connectivity index (χ2n) is 12.6. The molecule has 0 aliphatic carbocycles. The number of rotatable bonds is 33. The number of hydrogen-bond donors (Lipinski definition) is 3. The van der Waals surface area contributed by atoms with E-state index in [0.717, 1.165) is 38.5 Å². The van der Waals surface area contributed by atoms with Gasteiger partial charge in [0.05, 0.1) is 0 Å². The molecular formula is C39H73N3O2. The molecular weight excluding hydrogens is 542 g/mol. The molecule has 0 fully saturated rings. The number of amides is 2. The Morgan fingerprint density at radius 1 is 0.545 bits per heavy atom. The zero-order valence-electron chi connectivity index (χ0n) is 29.2. The number of carbonyl (C=O) groups excluding carboxylic acids is 2. The topological polar surface area (TPSA) is 84.2 Å². The summed E-state index contributed by atoms with van der Waals surface area (Å²) in [5.41, 5.74) is 5.78. The van der Waals surface area contributed by atoms with Crippen molar-refractivity contribution in [3.05, 3.63) is 36.5 Å². The lowest BCUT2D eigenvalue weighted by molar-refractivity contribution is -0.128. The molecule has 0 spiro atoms. The molecule has 0 aromatic carbocycles. The predicted octanol–water partition coefficient (Wildman–Crippen LogP) is 10.4. The van der Waals surface area contributed by atoms with Crippen LogP contribution >= 0.6 is 0 Å². The molecule has 0 bridgehead atoms.